The van der Waals surface area contributed by atoms with Gasteiger partial charge in [0.2, 0.25) is 5.91 Å². The minimum Gasteiger partial charge on any atom is -0.484 e. The lowest BCUT2D eigenvalue weighted by atomic mass is 10.3. The monoisotopic (exact) mass is 279 g/mol. The van der Waals surface area contributed by atoms with Crippen LogP contribution in [0.1, 0.15) is 0 Å². The van der Waals surface area contributed by atoms with Gasteiger partial charge in [-0.05, 0) is 26.2 Å². The topological polar surface area (TPSA) is 70.7 Å². The summed E-state index contributed by atoms with van der Waals surface area (Å²) in [7, 11) is 3.85. The van der Waals surface area contributed by atoms with E-state index >= 15 is 0 Å². The summed E-state index contributed by atoms with van der Waals surface area (Å²) in [6.45, 7) is 1.18. The Labute approximate surface area is 119 Å². The van der Waals surface area contributed by atoms with E-state index in [-0.39, 0.29) is 25.0 Å². The fraction of sp³-hybridized carbons (Fsp3) is 0.429. The molecule has 2 amide bonds. The zero-order chi connectivity index (χ0) is 14.8. The molecule has 0 saturated carbocycles. The molecule has 0 aliphatic carbocycles. The first kappa shape index (κ1) is 16.0. The van der Waals surface area contributed by atoms with E-state index in [1.54, 1.807) is 12.1 Å². The van der Waals surface area contributed by atoms with Crippen molar-refractivity contribution in [1.82, 2.24) is 15.5 Å². The van der Waals surface area contributed by atoms with Crippen molar-refractivity contribution in [2.45, 2.75) is 0 Å². The van der Waals surface area contributed by atoms with Gasteiger partial charge in [-0.1, -0.05) is 18.2 Å². The van der Waals surface area contributed by atoms with E-state index in [1.807, 2.05) is 37.2 Å². The zero-order valence-electron chi connectivity index (χ0n) is 11.9. The van der Waals surface area contributed by atoms with E-state index in [0.717, 1.165) is 6.54 Å². The highest BCUT2D eigenvalue weighted by molar-refractivity contribution is 5.85. The largest absolute Gasteiger partial charge is 0.484 e. The van der Waals surface area contributed by atoms with Gasteiger partial charge in [-0.15, -0.1) is 0 Å². The normalized spacial score (nSPS) is 10.2. The molecule has 0 fully saturated rings. The van der Waals surface area contributed by atoms with Gasteiger partial charge >= 0.3 is 0 Å². The van der Waals surface area contributed by atoms with E-state index in [0.29, 0.717) is 12.3 Å². The predicted molar refractivity (Wildman–Crippen MR) is 76.5 cm³/mol. The van der Waals surface area contributed by atoms with E-state index in [1.165, 1.54) is 0 Å². The van der Waals surface area contributed by atoms with Crippen LogP contribution < -0.4 is 15.4 Å². The number of likely N-dealkylation sites (N-methyl/N-ethyl adjacent to an activating group) is 1. The molecule has 1 aromatic rings. The molecule has 6 nitrogen and oxygen atoms in total. The van der Waals surface area contributed by atoms with Gasteiger partial charge in [0.1, 0.15) is 5.75 Å². The highest BCUT2D eigenvalue weighted by Crippen LogP contribution is 2.07. The lowest BCUT2D eigenvalue weighted by molar-refractivity contribution is -0.127. The third-order valence-electron chi connectivity index (χ3n) is 2.44. The molecule has 6 heteroatoms. The number of carbonyl (C=O) groups excluding carboxylic acids is 2. The Hall–Kier alpha value is -2.08. The number of amides is 2. The molecular weight excluding hydrogens is 258 g/mol. The van der Waals surface area contributed by atoms with E-state index in [9.17, 15) is 9.59 Å². The number of benzene rings is 1. The second kappa shape index (κ2) is 8.92. The van der Waals surface area contributed by atoms with Crippen LogP contribution in [-0.2, 0) is 9.59 Å². The van der Waals surface area contributed by atoms with Crippen LogP contribution in [0.2, 0.25) is 0 Å². The number of hydrogen-bond acceptors (Lipinski definition) is 4. The lowest BCUT2D eigenvalue weighted by Crippen LogP contribution is -2.40. The number of ether oxygens (including phenoxy) is 1. The Morgan fingerprint density at radius 3 is 2.45 bits per heavy atom. The summed E-state index contributed by atoms with van der Waals surface area (Å²) in [5.74, 6) is 0.0922. The minimum atomic E-state index is -0.323. The van der Waals surface area contributed by atoms with Gasteiger partial charge in [0.05, 0.1) is 6.54 Å². The predicted octanol–water partition coefficient (Wildman–Crippen LogP) is -0.141. The van der Waals surface area contributed by atoms with Crippen LogP contribution in [-0.4, -0.2) is 57.1 Å². The van der Waals surface area contributed by atoms with Crippen molar-refractivity contribution in [3.63, 3.8) is 0 Å². The number of nitrogens with zero attached hydrogens (tertiary/aromatic N) is 1. The van der Waals surface area contributed by atoms with Crippen molar-refractivity contribution in [2.24, 2.45) is 0 Å². The summed E-state index contributed by atoms with van der Waals surface area (Å²) in [5, 5.41) is 5.21. The summed E-state index contributed by atoms with van der Waals surface area (Å²) in [6, 6.07) is 9.05. The van der Waals surface area contributed by atoms with Gasteiger partial charge < -0.3 is 20.3 Å². The van der Waals surface area contributed by atoms with Crippen LogP contribution in [0.15, 0.2) is 30.3 Å². The van der Waals surface area contributed by atoms with Crippen LogP contribution in [0.4, 0.5) is 0 Å². The quantitative estimate of drug-likeness (QED) is 0.695. The molecular formula is C14H21N3O3. The number of para-hydroxylation sites is 1. The molecule has 0 aliphatic heterocycles. The van der Waals surface area contributed by atoms with Gasteiger partial charge in [0.15, 0.2) is 6.61 Å². The molecule has 1 rings (SSSR count). The second-order valence-corrected chi connectivity index (χ2v) is 4.53. The van der Waals surface area contributed by atoms with Crippen LogP contribution in [0, 0.1) is 0 Å². The average molecular weight is 279 g/mol. The highest BCUT2D eigenvalue weighted by Gasteiger charge is 2.06. The molecule has 0 radical (unpaired) electrons. The van der Waals surface area contributed by atoms with Gasteiger partial charge in [0, 0.05) is 13.1 Å². The number of carbonyl (C=O) groups is 2. The van der Waals surface area contributed by atoms with Crippen molar-refractivity contribution >= 4 is 11.8 Å². The first-order valence-corrected chi connectivity index (χ1v) is 6.44. The molecule has 110 valence electrons. The van der Waals surface area contributed by atoms with Gasteiger partial charge in [0.25, 0.3) is 5.91 Å². The smallest absolute Gasteiger partial charge is 0.258 e. The standard InChI is InChI=1S/C14H21N3O3/c1-17(2)9-8-15-13(18)10-16-14(19)11-20-12-6-4-3-5-7-12/h3-7H,8-11H2,1-2H3,(H,15,18)(H,16,19). The molecule has 0 bridgehead atoms. The Kier molecular flexibility index (Phi) is 7.13. The SMILES string of the molecule is CN(C)CCNC(=O)CNC(=O)COc1ccccc1. The molecule has 0 saturated heterocycles. The Bertz CT molecular complexity index is 421. The van der Waals surface area contributed by atoms with Crippen LogP contribution in [0.25, 0.3) is 0 Å². The fourth-order valence-corrected chi connectivity index (χ4v) is 1.38. The van der Waals surface area contributed by atoms with Crippen molar-refractivity contribution in [1.29, 1.82) is 0 Å². The summed E-state index contributed by atoms with van der Waals surface area (Å²) < 4.78 is 5.26. The molecule has 20 heavy (non-hydrogen) atoms. The van der Waals surface area contributed by atoms with Crippen molar-refractivity contribution in [3.05, 3.63) is 30.3 Å². The van der Waals surface area contributed by atoms with Crippen molar-refractivity contribution in [3.8, 4) is 5.75 Å². The first-order valence-electron chi connectivity index (χ1n) is 6.44. The van der Waals surface area contributed by atoms with Crippen molar-refractivity contribution in [2.75, 3.05) is 40.3 Å². The van der Waals surface area contributed by atoms with E-state index in [2.05, 4.69) is 10.6 Å². The molecule has 2 N–H and O–H groups in total. The maximum absolute atomic E-state index is 11.5. The van der Waals surface area contributed by atoms with Gasteiger partial charge in [-0.3, -0.25) is 9.59 Å². The van der Waals surface area contributed by atoms with Crippen LogP contribution in [0.3, 0.4) is 0 Å². The average Bonchev–Trinajstić information content (AvgIpc) is 2.43. The molecule has 0 atom stereocenters. The van der Waals surface area contributed by atoms with E-state index in [4.69, 9.17) is 4.74 Å². The van der Waals surface area contributed by atoms with Gasteiger partial charge in [-0.2, -0.15) is 0 Å². The number of hydrogen-bond donors (Lipinski definition) is 2. The fourth-order valence-electron chi connectivity index (χ4n) is 1.38. The number of rotatable bonds is 8. The Balaban J connectivity index is 2.12. The molecule has 0 heterocycles. The first-order chi connectivity index (χ1) is 9.58. The second-order valence-electron chi connectivity index (χ2n) is 4.53. The third-order valence-corrected chi connectivity index (χ3v) is 2.44. The third kappa shape index (κ3) is 7.38. The van der Waals surface area contributed by atoms with Crippen LogP contribution in [0.5, 0.6) is 5.75 Å². The Morgan fingerprint density at radius 1 is 1.10 bits per heavy atom. The molecule has 0 aromatic heterocycles. The minimum absolute atomic E-state index is 0.0373. The summed E-state index contributed by atoms with van der Waals surface area (Å²) in [4.78, 5) is 24.9. The summed E-state index contributed by atoms with van der Waals surface area (Å²) >= 11 is 0. The highest BCUT2D eigenvalue weighted by atomic mass is 16.5. The van der Waals surface area contributed by atoms with E-state index < -0.39 is 0 Å². The van der Waals surface area contributed by atoms with Crippen molar-refractivity contribution < 1.29 is 14.3 Å². The summed E-state index contributed by atoms with van der Waals surface area (Å²) in [6.07, 6.45) is 0. The maximum Gasteiger partial charge on any atom is 0.258 e. The zero-order valence-corrected chi connectivity index (χ0v) is 11.9. The molecule has 0 spiro atoms. The van der Waals surface area contributed by atoms with Gasteiger partial charge in [-0.25, -0.2) is 0 Å². The Morgan fingerprint density at radius 2 is 1.80 bits per heavy atom. The molecule has 1 aromatic carbocycles. The lowest BCUT2D eigenvalue weighted by Gasteiger charge is -2.11. The van der Waals surface area contributed by atoms with Crippen LogP contribution >= 0.6 is 0 Å². The summed E-state index contributed by atoms with van der Waals surface area (Å²) in [5.41, 5.74) is 0. The molecule has 0 unspecified atom stereocenters. The maximum atomic E-state index is 11.5. The molecule has 0 aliphatic rings. The number of nitrogens with one attached hydrogen (secondary N) is 2.